The zero-order chi connectivity index (χ0) is 18.4. The molecule has 0 spiro atoms. The maximum atomic E-state index is 13.9. The first-order valence-electron chi connectivity index (χ1n) is 7.87. The van der Waals surface area contributed by atoms with Crippen molar-refractivity contribution in [3.05, 3.63) is 29.8 Å². The molecule has 1 aromatic heterocycles. The highest BCUT2D eigenvalue weighted by atomic mass is 19.4. The molecule has 1 aliphatic heterocycles. The zero-order valence-electron chi connectivity index (χ0n) is 13.4. The minimum absolute atomic E-state index is 0.0400. The lowest BCUT2D eigenvalue weighted by Gasteiger charge is -2.18. The second-order valence-corrected chi connectivity index (χ2v) is 6.17. The quantitative estimate of drug-likeness (QED) is 0.853. The Labute approximate surface area is 140 Å². The lowest BCUT2D eigenvalue weighted by molar-refractivity contribution is -0.188. The molecule has 2 aromatic rings. The summed E-state index contributed by atoms with van der Waals surface area (Å²) >= 11 is 0. The van der Waals surface area contributed by atoms with Gasteiger partial charge in [0.15, 0.2) is 5.82 Å². The van der Waals surface area contributed by atoms with Crippen molar-refractivity contribution < 1.29 is 27.5 Å². The molecule has 1 fully saturated rings. The van der Waals surface area contributed by atoms with Crippen LogP contribution in [0.3, 0.4) is 0 Å². The number of carboxylic acid groups (broad SMARTS) is 1. The van der Waals surface area contributed by atoms with Crippen molar-refractivity contribution in [1.29, 1.82) is 0 Å². The van der Waals surface area contributed by atoms with Crippen molar-refractivity contribution in [2.75, 3.05) is 13.1 Å². The Hall–Kier alpha value is -2.16. The van der Waals surface area contributed by atoms with Crippen LogP contribution in [0.25, 0.3) is 11.0 Å². The molecule has 3 rings (SSSR count). The molecule has 136 valence electrons. The smallest absolute Gasteiger partial charge is 0.393 e. The molecule has 1 aromatic carbocycles. The number of fused-ring (bicyclic) bond motifs is 1. The second kappa shape index (κ2) is 6.29. The Balaban J connectivity index is 1.89. The van der Waals surface area contributed by atoms with Crippen LogP contribution in [0.2, 0.25) is 0 Å². The van der Waals surface area contributed by atoms with Gasteiger partial charge in [-0.05, 0) is 19.1 Å². The lowest BCUT2D eigenvalue weighted by Crippen LogP contribution is -2.33. The largest absolute Gasteiger partial charge is 0.481 e. The highest BCUT2D eigenvalue weighted by Crippen LogP contribution is 2.38. The maximum absolute atomic E-state index is 13.9. The van der Waals surface area contributed by atoms with E-state index in [-0.39, 0.29) is 18.6 Å². The van der Waals surface area contributed by atoms with E-state index in [1.54, 1.807) is 16.7 Å². The van der Waals surface area contributed by atoms with Gasteiger partial charge in [-0.15, -0.1) is 0 Å². The Kier molecular flexibility index (Phi) is 4.44. The summed E-state index contributed by atoms with van der Waals surface area (Å²) in [5.74, 6) is -4.95. The number of hydrogen-bond donors (Lipinski definition) is 1. The van der Waals surface area contributed by atoms with Gasteiger partial charge in [-0.2, -0.15) is 13.2 Å². The number of aliphatic carboxylic acids is 1. The molecule has 9 heteroatoms. The molecule has 1 aliphatic rings. The molecule has 2 heterocycles. The van der Waals surface area contributed by atoms with Gasteiger partial charge in [0.25, 0.3) is 0 Å². The summed E-state index contributed by atoms with van der Waals surface area (Å²) in [4.78, 5) is 16.8. The topological polar surface area (TPSA) is 58.4 Å². The van der Waals surface area contributed by atoms with E-state index in [1.165, 1.54) is 11.0 Å². The fraction of sp³-hybridized carbons (Fsp3) is 0.500. The third kappa shape index (κ3) is 3.20. The van der Waals surface area contributed by atoms with E-state index in [0.29, 0.717) is 17.9 Å². The van der Waals surface area contributed by atoms with Crippen molar-refractivity contribution in [3.63, 3.8) is 0 Å². The highest BCUT2D eigenvalue weighted by Gasteiger charge is 2.52. The minimum atomic E-state index is -4.57. The summed E-state index contributed by atoms with van der Waals surface area (Å²) in [5, 5.41) is 9.09. The zero-order valence-corrected chi connectivity index (χ0v) is 13.4. The van der Waals surface area contributed by atoms with Gasteiger partial charge >= 0.3 is 12.1 Å². The highest BCUT2D eigenvalue weighted by molar-refractivity contribution is 5.76. The first-order valence-corrected chi connectivity index (χ1v) is 7.87. The number of benzene rings is 1. The van der Waals surface area contributed by atoms with Crippen molar-refractivity contribution >= 4 is 17.0 Å². The fourth-order valence-electron chi connectivity index (χ4n) is 3.43. The van der Waals surface area contributed by atoms with Gasteiger partial charge < -0.3 is 9.67 Å². The SMILES string of the molecule is CCn1c(CN2C[C@@H](C(F)(F)F)[C@H](C(=O)O)C2)nc2c(F)cccc21. The average Bonchev–Trinajstić information content (AvgIpc) is 3.09. The Morgan fingerprint density at radius 2 is 2.08 bits per heavy atom. The molecule has 0 unspecified atom stereocenters. The molecule has 2 atom stereocenters. The van der Waals surface area contributed by atoms with Crippen LogP contribution in [-0.4, -0.2) is 44.8 Å². The number of para-hydroxylation sites is 1. The lowest BCUT2D eigenvalue weighted by atomic mass is 9.96. The van der Waals surface area contributed by atoms with Gasteiger partial charge in [0.05, 0.1) is 23.9 Å². The standard InChI is InChI=1S/C16H17F4N3O2/c1-2-23-12-5-3-4-11(17)14(12)21-13(23)8-22-6-9(15(24)25)10(7-22)16(18,19)20/h3-5,9-10H,2,6-8H2,1H3,(H,24,25)/t9-,10-/m1/s1. The van der Waals surface area contributed by atoms with E-state index in [4.69, 9.17) is 5.11 Å². The van der Waals surface area contributed by atoms with Crippen molar-refractivity contribution in [2.45, 2.75) is 26.2 Å². The molecule has 25 heavy (non-hydrogen) atoms. The number of likely N-dealkylation sites (tertiary alicyclic amines) is 1. The van der Waals surface area contributed by atoms with E-state index in [2.05, 4.69) is 4.98 Å². The summed E-state index contributed by atoms with van der Waals surface area (Å²) in [7, 11) is 0. The summed E-state index contributed by atoms with van der Waals surface area (Å²) in [6.07, 6.45) is -4.57. The molecule has 5 nitrogen and oxygen atoms in total. The van der Waals surface area contributed by atoms with Crippen molar-refractivity contribution in [2.24, 2.45) is 11.8 Å². The number of hydrogen-bond acceptors (Lipinski definition) is 3. The summed E-state index contributed by atoms with van der Waals surface area (Å²) in [5.41, 5.74) is 0.736. The molecule has 0 aliphatic carbocycles. The number of imidazole rings is 1. The number of nitrogens with zero attached hydrogens (tertiary/aromatic N) is 3. The van der Waals surface area contributed by atoms with Gasteiger partial charge in [0.1, 0.15) is 11.3 Å². The third-order valence-electron chi connectivity index (χ3n) is 4.62. The Morgan fingerprint density at radius 3 is 2.64 bits per heavy atom. The van der Waals surface area contributed by atoms with Gasteiger partial charge in [0.2, 0.25) is 0 Å². The number of aryl methyl sites for hydroxylation is 1. The van der Waals surface area contributed by atoms with Crippen LogP contribution in [0, 0.1) is 17.7 Å². The molecule has 0 amide bonds. The predicted octanol–water partition coefficient (Wildman–Crippen LogP) is 2.89. The first kappa shape index (κ1) is 17.7. The van der Waals surface area contributed by atoms with Crippen LogP contribution < -0.4 is 0 Å². The molecule has 0 radical (unpaired) electrons. The molecular weight excluding hydrogens is 342 g/mol. The number of halogens is 4. The van der Waals surface area contributed by atoms with E-state index < -0.39 is 36.3 Å². The second-order valence-electron chi connectivity index (χ2n) is 6.17. The summed E-state index contributed by atoms with van der Waals surface area (Å²) < 4.78 is 54.9. The number of alkyl halides is 3. The number of carboxylic acids is 1. The predicted molar refractivity (Wildman–Crippen MR) is 81.3 cm³/mol. The first-order chi connectivity index (χ1) is 11.7. The summed E-state index contributed by atoms with van der Waals surface area (Å²) in [6, 6.07) is 4.52. The average molecular weight is 359 g/mol. The molecule has 1 saturated heterocycles. The van der Waals surface area contributed by atoms with Crippen LogP contribution in [0.4, 0.5) is 17.6 Å². The van der Waals surface area contributed by atoms with E-state index in [1.807, 2.05) is 6.92 Å². The van der Waals surface area contributed by atoms with E-state index >= 15 is 0 Å². The van der Waals surface area contributed by atoms with Gasteiger partial charge in [0, 0.05) is 19.6 Å². The van der Waals surface area contributed by atoms with Gasteiger partial charge in [-0.3, -0.25) is 9.69 Å². The third-order valence-corrected chi connectivity index (χ3v) is 4.62. The maximum Gasteiger partial charge on any atom is 0.393 e. The van der Waals surface area contributed by atoms with Crippen molar-refractivity contribution in [1.82, 2.24) is 14.5 Å². The summed E-state index contributed by atoms with van der Waals surface area (Å²) in [6.45, 7) is 1.73. The van der Waals surface area contributed by atoms with E-state index in [0.717, 1.165) is 0 Å². The molecule has 1 N–H and O–H groups in total. The van der Waals surface area contributed by atoms with Crippen LogP contribution in [0.1, 0.15) is 12.7 Å². The van der Waals surface area contributed by atoms with Crippen molar-refractivity contribution in [3.8, 4) is 0 Å². The normalized spacial score (nSPS) is 22.0. The number of rotatable bonds is 4. The van der Waals surface area contributed by atoms with Gasteiger partial charge in [-0.25, -0.2) is 9.37 Å². The fourth-order valence-corrected chi connectivity index (χ4v) is 3.43. The molecular formula is C16H17F4N3O2. The molecule has 0 bridgehead atoms. The van der Waals surface area contributed by atoms with Crippen LogP contribution >= 0.6 is 0 Å². The monoisotopic (exact) mass is 359 g/mol. The van der Waals surface area contributed by atoms with Crippen LogP contribution in [-0.2, 0) is 17.9 Å². The number of carbonyl (C=O) groups is 1. The van der Waals surface area contributed by atoms with E-state index in [9.17, 15) is 22.4 Å². The number of aromatic nitrogens is 2. The minimum Gasteiger partial charge on any atom is -0.481 e. The molecule has 0 saturated carbocycles. The van der Waals surface area contributed by atoms with Gasteiger partial charge in [-0.1, -0.05) is 6.07 Å². The van der Waals surface area contributed by atoms with Crippen LogP contribution in [0.15, 0.2) is 18.2 Å². The Morgan fingerprint density at radius 1 is 1.36 bits per heavy atom. The van der Waals surface area contributed by atoms with Crippen LogP contribution in [0.5, 0.6) is 0 Å². The Bertz CT molecular complexity index is 803.